The molecule has 0 unspecified atom stereocenters. The highest BCUT2D eigenvalue weighted by atomic mass is 19.1. The van der Waals surface area contributed by atoms with E-state index in [0.29, 0.717) is 17.5 Å². The fourth-order valence-corrected chi connectivity index (χ4v) is 3.88. The van der Waals surface area contributed by atoms with Crippen molar-refractivity contribution in [1.29, 1.82) is 0 Å². The molecule has 8 nitrogen and oxygen atoms in total. The Morgan fingerprint density at radius 1 is 0.941 bits per heavy atom. The van der Waals surface area contributed by atoms with Crippen LogP contribution < -0.4 is 11.5 Å². The van der Waals surface area contributed by atoms with Gasteiger partial charge in [0, 0.05) is 20.5 Å². The van der Waals surface area contributed by atoms with E-state index in [4.69, 9.17) is 11.5 Å². The molecule has 0 bridgehead atoms. The van der Waals surface area contributed by atoms with Crippen molar-refractivity contribution in [3.05, 3.63) is 65.0 Å². The number of amides is 3. The lowest BCUT2D eigenvalue weighted by atomic mass is 10.0. The largest absolute Gasteiger partial charge is 0.508 e. The average Bonchev–Trinajstić information content (AvgIpc) is 2.80. The molecule has 3 atom stereocenters. The van der Waals surface area contributed by atoms with Gasteiger partial charge in [-0.2, -0.15) is 0 Å². The van der Waals surface area contributed by atoms with Gasteiger partial charge in [0.15, 0.2) is 0 Å². The number of phenolic OH excluding ortho intramolecular Hbond substituents is 1. The van der Waals surface area contributed by atoms with Gasteiger partial charge >= 0.3 is 0 Å². The summed E-state index contributed by atoms with van der Waals surface area (Å²) >= 11 is 0. The van der Waals surface area contributed by atoms with E-state index in [1.165, 1.54) is 42.1 Å². The lowest BCUT2D eigenvalue weighted by Gasteiger charge is -2.34. The molecule has 3 amide bonds. The number of carbonyl (C=O) groups excluding carboxylic acids is 3. The molecule has 2 aromatic rings. The lowest BCUT2D eigenvalue weighted by Crippen LogP contribution is -2.56. The number of benzene rings is 2. The Bertz CT molecular complexity index is 1030. The van der Waals surface area contributed by atoms with Crippen LogP contribution >= 0.6 is 0 Å². The number of phenols is 1. The number of carbonyl (C=O) groups is 3. The molecule has 2 rings (SSSR count). The number of halogens is 1. The van der Waals surface area contributed by atoms with E-state index in [1.807, 2.05) is 0 Å². The Labute approximate surface area is 199 Å². The molecular formula is C25H33FN4O4. The number of hydrogen-bond donors (Lipinski definition) is 3. The zero-order valence-corrected chi connectivity index (χ0v) is 20.0. The van der Waals surface area contributed by atoms with Crippen molar-refractivity contribution in [3.8, 4) is 5.75 Å². The molecule has 0 spiro atoms. The van der Waals surface area contributed by atoms with Crippen molar-refractivity contribution in [1.82, 2.24) is 9.80 Å². The molecule has 2 aromatic carbocycles. The number of primary amides is 1. The van der Waals surface area contributed by atoms with Crippen LogP contribution in [0, 0.1) is 12.7 Å². The van der Waals surface area contributed by atoms with Crippen molar-refractivity contribution in [2.75, 3.05) is 14.1 Å². The van der Waals surface area contributed by atoms with E-state index in [2.05, 4.69) is 0 Å². The van der Waals surface area contributed by atoms with Crippen molar-refractivity contribution in [2.24, 2.45) is 11.5 Å². The highest BCUT2D eigenvalue weighted by Gasteiger charge is 2.34. The molecule has 0 saturated heterocycles. The maximum atomic E-state index is 13.3. The van der Waals surface area contributed by atoms with Crippen molar-refractivity contribution in [3.63, 3.8) is 0 Å². The second-order valence-corrected chi connectivity index (χ2v) is 8.50. The van der Waals surface area contributed by atoms with Crippen LogP contribution in [0.3, 0.4) is 0 Å². The maximum absolute atomic E-state index is 13.3. The van der Waals surface area contributed by atoms with Gasteiger partial charge < -0.3 is 26.4 Å². The van der Waals surface area contributed by atoms with Gasteiger partial charge in [-0.1, -0.05) is 31.2 Å². The van der Waals surface area contributed by atoms with Gasteiger partial charge in [-0.05, 0) is 54.7 Å². The van der Waals surface area contributed by atoms with Crippen LogP contribution in [-0.4, -0.2) is 64.8 Å². The summed E-state index contributed by atoms with van der Waals surface area (Å²) < 4.78 is 13.1. The minimum absolute atomic E-state index is 0.131. The molecule has 0 aliphatic carbocycles. The molecular weight excluding hydrogens is 439 g/mol. The first kappa shape index (κ1) is 26.8. The summed E-state index contributed by atoms with van der Waals surface area (Å²) in [5, 5.41) is 9.73. The molecule has 184 valence electrons. The number of likely N-dealkylation sites (N-methyl/N-ethyl adjacent to an activating group) is 2. The summed E-state index contributed by atoms with van der Waals surface area (Å²) in [5.41, 5.74) is 13.8. The van der Waals surface area contributed by atoms with Gasteiger partial charge in [0.25, 0.3) is 0 Å². The molecule has 5 N–H and O–H groups in total. The summed E-state index contributed by atoms with van der Waals surface area (Å²) in [6.45, 7) is 3.49. The first-order chi connectivity index (χ1) is 16.0. The molecule has 0 saturated carbocycles. The summed E-state index contributed by atoms with van der Waals surface area (Å²) in [6, 6.07) is 7.91. The third kappa shape index (κ3) is 6.54. The van der Waals surface area contributed by atoms with Crippen LogP contribution in [0.15, 0.2) is 42.5 Å². The van der Waals surface area contributed by atoms with E-state index in [0.717, 1.165) is 5.56 Å². The Hall–Kier alpha value is -3.46. The highest BCUT2D eigenvalue weighted by Crippen LogP contribution is 2.20. The SMILES string of the molecule is CC[C@H](C(=O)N(C)[C@@H](Cc1ccc(O)c(C)c1)C(N)=O)N(C)C(=O)[C@@H](N)Cc1ccc(F)cc1. The zero-order valence-electron chi connectivity index (χ0n) is 20.0. The van der Waals surface area contributed by atoms with Crippen molar-refractivity contribution >= 4 is 17.7 Å². The fraction of sp³-hybridized carbons (Fsp3) is 0.400. The summed E-state index contributed by atoms with van der Waals surface area (Å²) in [4.78, 5) is 41.0. The number of hydrogen-bond acceptors (Lipinski definition) is 5. The van der Waals surface area contributed by atoms with Crippen LogP contribution in [0.4, 0.5) is 4.39 Å². The lowest BCUT2D eigenvalue weighted by molar-refractivity contribution is -0.147. The number of aryl methyl sites for hydroxylation is 1. The Morgan fingerprint density at radius 2 is 1.50 bits per heavy atom. The normalized spacial score (nSPS) is 13.6. The van der Waals surface area contributed by atoms with Gasteiger partial charge in [0.05, 0.1) is 6.04 Å². The number of nitrogens with two attached hydrogens (primary N) is 2. The number of aromatic hydroxyl groups is 1. The summed E-state index contributed by atoms with van der Waals surface area (Å²) in [5.74, 6) is -1.81. The maximum Gasteiger partial charge on any atom is 0.245 e. The molecule has 0 heterocycles. The molecule has 0 aromatic heterocycles. The van der Waals surface area contributed by atoms with E-state index in [-0.39, 0.29) is 24.4 Å². The molecule has 0 aliphatic heterocycles. The van der Waals surface area contributed by atoms with E-state index in [9.17, 15) is 23.9 Å². The predicted molar refractivity (Wildman–Crippen MR) is 127 cm³/mol. The predicted octanol–water partition coefficient (Wildman–Crippen LogP) is 1.50. The number of nitrogens with zero attached hydrogens (tertiary/aromatic N) is 2. The standard InChI is InChI=1S/C25H33FN4O4/c1-5-20(29(3)24(33)19(27)13-16-6-9-18(26)10-7-16)25(34)30(4)21(23(28)32)14-17-8-11-22(31)15(2)12-17/h6-12,19-21,31H,5,13-14,27H2,1-4H3,(H2,28,32)/t19-,20+,21-/m0/s1. The average molecular weight is 473 g/mol. The van der Waals surface area contributed by atoms with Crippen LogP contribution in [0.1, 0.15) is 30.0 Å². The molecule has 0 fully saturated rings. The van der Waals surface area contributed by atoms with Gasteiger partial charge in [0.2, 0.25) is 17.7 Å². The van der Waals surface area contributed by atoms with Crippen LogP contribution in [0.5, 0.6) is 5.75 Å². The van der Waals surface area contributed by atoms with E-state index >= 15 is 0 Å². The highest BCUT2D eigenvalue weighted by molar-refractivity contribution is 5.92. The van der Waals surface area contributed by atoms with Gasteiger partial charge in [-0.25, -0.2) is 4.39 Å². The fourth-order valence-electron chi connectivity index (χ4n) is 3.88. The molecule has 34 heavy (non-hydrogen) atoms. The Morgan fingerprint density at radius 3 is 2.03 bits per heavy atom. The third-order valence-corrected chi connectivity index (χ3v) is 6.01. The minimum Gasteiger partial charge on any atom is -0.508 e. The van der Waals surface area contributed by atoms with Gasteiger partial charge in [0.1, 0.15) is 23.7 Å². The van der Waals surface area contributed by atoms with Crippen LogP contribution in [-0.2, 0) is 27.2 Å². The molecule has 9 heteroatoms. The molecule has 0 radical (unpaired) electrons. The van der Waals surface area contributed by atoms with Gasteiger partial charge in [-0.3, -0.25) is 14.4 Å². The first-order valence-electron chi connectivity index (χ1n) is 11.1. The number of rotatable bonds is 10. The quantitative estimate of drug-likeness (QED) is 0.483. The van der Waals surface area contributed by atoms with Crippen LogP contribution in [0.2, 0.25) is 0 Å². The summed E-state index contributed by atoms with van der Waals surface area (Å²) in [7, 11) is 2.97. The third-order valence-electron chi connectivity index (χ3n) is 6.01. The van der Waals surface area contributed by atoms with Crippen molar-refractivity contribution < 1.29 is 23.9 Å². The smallest absolute Gasteiger partial charge is 0.245 e. The van der Waals surface area contributed by atoms with E-state index < -0.39 is 35.8 Å². The second kappa shape index (κ2) is 11.6. The molecule has 0 aliphatic rings. The zero-order chi connectivity index (χ0) is 25.6. The van der Waals surface area contributed by atoms with E-state index in [1.54, 1.807) is 38.1 Å². The summed E-state index contributed by atoms with van der Waals surface area (Å²) in [6.07, 6.45) is 0.656. The Balaban J connectivity index is 2.14. The Kier molecular flexibility index (Phi) is 9.14. The monoisotopic (exact) mass is 472 g/mol. The first-order valence-corrected chi connectivity index (χ1v) is 11.1. The second-order valence-electron chi connectivity index (χ2n) is 8.50. The van der Waals surface area contributed by atoms with Gasteiger partial charge in [-0.15, -0.1) is 0 Å². The topological polar surface area (TPSA) is 130 Å². The van der Waals surface area contributed by atoms with Crippen LogP contribution in [0.25, 0.3) is 0 Å². The van der Waals surface area contributed by atoms with Crippen molar-refractivity contribution in [2.45, 2.75) is 51.2 Å². The minimum atomic E-state index is -0.943.